The van der Waals surface area contributed by atoms with Gasteiger partial charge in [0.05, 0.1) is 47.5 Å². The van der Waals surface area contributed by atoms with E-state index in [4.69, 9.17) is 27.1 Å². The molecule has 0 aliphatic carbocycles. The predicted molar refractivity (Wildman–Crippen MR) is 503 cm³/mol. The van der Waals surface area contributed by atoms with Crippen LogP contribution in [0.1, 0.15) is 27.9 Å². The van der Waals surface area contributed by atoms with E-state index in [0.29, 0.717) is 5.71 Å². The number of nitrogens with zero attached hydrogens (tertiary/aromatic N) is 10. The molecule has 602 valence electrons. The van der Waals surface area contributed by atoms with Gasteiger partial charge in [-0.2, -0.15) is 0 Å². The first kappa shape index (κ1) is 76.5. The van der Waals surface area contributed by atoms with E-state index in [-0.39, 0.29) is 0 Å². The van der Waals surface area contributed by atoms with E-state index >= 15 is 0 Å². The van der Waals surface area contributed by atoms with Crippen molar-refractivity contribution in [2.45, 2.75) is 34.6 Å². The molecular weight excluding hydrogens is 1540 g/mol. The first-order valence-electron chi connectivity index (χ1n) is 42.0. The molecular formula is C110H87N10O5+5. The molecule has 15 heteroatoms. The zero-order valence-electron chi connectivity index (χ0n) is 71.2. The second-order valence-electron chi connectivity index (χ2n) is 32.7. The molecule has 14 aromatic heterocycles. The Hall–Kier alpha value is -15.9. The summed E-state index contributed by atoms with van der Waals surface area (Å²) in [6.07, 6.45) is 18.1. The Morgan fingerprint density at radius 1 is 0.272 bits per heavy atom. The van der Waals surface area contributed by atoms with Gasteiger partial charge in [0, 0.05) is 132 Å². The summed E-state index contributed by atoms with van der Waals surface area (Å²) in [4.78, 5) is 18.5. The van der Waals surface area contributed by atoms with Gasteiger partial charge in [-0.1, -0.05) is 133 Å². The minimum absolute atomic E-state index is 0.694. The maximum absolute atomic E-state index is 6.38. The molecule has 15 nitrogen and oxygen atoms in total. The lowest BCUT2D eigenvalue weighted by molar-refractivity contribution is -0.660. The fourth-order valence-corrected chi connectivity index (χ4v) is 18.2. The van der Waals surface area contributed by atoms with Crippen molar-refractivity contribution in [3.8, 4) is 56.4 Å². The molecule has 0 amide bonds. The van der Waals surface area contributed by atoms with Gasteiger partial charge >= 0.3 is 0 Å². The number of rotatable bonds is 5. The van der Waals surface area contributed by atoms with E-state index in [1.807, 2.05) is 99.4 Å². The normalized spacial score (nSPS) is 11.6. The van der Waals surface area contributed by atoms with Crippen LogP contribution in [0.15, 0.2) is 351 Å². The van der Waals surface area contributed by atoms with Gasteiger partial charge in [-0.05, 0) is 174 Å². The standard InChI is InChI=1S/C22H19N2O.4C22H17N2O/c1-14-8-9-17-18-12-15-6-4-5-7-16(15)13-19(18)25-21(17)20(14)22-23(2)10-11-24(22)3;1-14-8-9-16-17-12-15-6-5-10-23-18(15)13-20(17)25-22(16)21(14)19-7-3-4-11-24(19)2;1-14-10-11-16-17-13-15-7-3-4-8-18(15)23-22(17)25-21(16)20(14)19-9-5-6-12-24(19)2;1-14-21(19-9-5-6-10-24(19)2)22-18(13-23-14)17-11-15-7-3-4-8-16(15)12-20(17)25-22;1-14-13-23-21-17-11-15-7-3-4-8-16(15)12-19(17)25-22(21)20(14)18-9-5-6-10-24(18)2/h4-13H,1-3H3;4*3-13H,1-2H3/q5*+1. The molecule has 0 unspecified atom stereocenters. The third-order valence-corrected chi connectivity index (χ3v) is 24.6. The van der Waals surface area contributed by atoms with Crippen LogP contribution >= 0.6 is 0 Å². The Balaban J connectivity index is 0.0000000956. The molecule has 25 aromatic rings. The van der Waals surface area contributed by atoms with Crippen LogP contribution in [0.4, 0.5) is 0 Å². The molecule has 0 aliphatic heterocycles. The van der Waals surface area contributed by atoms with Crippen LogP contribution in [0.25, 0.3) is 220 Å². The summed E-state index contributed by atoms with van der Waals surface area (Å²) in [6, 6.07) is 94.5. The van der Waals surface area contributed by atoms with Crippen molar-refractivity contribution < 1.29 is 44.9 Å². The highest BCUT2D eigenvalue weighted by molar-refractivity contribution is 6.17. The first-order chi connectivity index (χ1) is 61.0. The molecule has 0 N–H and O–H groups in total. The smallest absolute Gasteiger partial charge is 0.292 e. The Morgan fingerprint density at radius 2 is 0.656 bits per heavy atom. The Labute approximate surface area is 719 Å². The van der Waals surface area contributed by atoms with Crippen LogP contribution in [-0.2, 0) is 42.3 Å². The van der Waals surface area contributed by atoms with Crippen LogP contribution in [0.3, 0.4) is 0 Å². The van der Waals surface area contributed by atoms with Crippen molar-refractivity contribution in [3.05, 3.63) is 357 Å². The van der Waals surface area contributed by atoms with Crippen molar-refractivity contribution in [1.29, 1.82) is 0 Å². The average Bonchev–Trinajstić information content (AvgIpc) is 1.60. The fraction of sp³-hybridized carbons (Fsp3) is 0.100. The fourth-order valence-electron chi connectivity index (χ4n) is 18.2. The van der Waals surface area contributed by atoms with Gasteiger partial charge in [0.2, 0.25) is 28.5 Å². The van der Waals surface area contributed by atoms with E-state index in [0.717, 1.165) is 183 Å². The molecule has 0 bridgehead atoms. The molecule has 125 heavy (non-hydrogen) atoms. The van der Waals surface area contributed by atoms with Crippen molar-refractivity contribution in [3.63, 3.8) is 0 Å². The number of hydrogen-bond donors (Lipinski definition) is 0. The highest BCUT2D eigenvalue weighted by Crippen LogP contribution is 2.44. The summed E-state index contributed by atoms with van der Waals surface area (Å²) in [5.41, 5.74) is 27.5. The van der Waals surface area contributed by atoms with E-state index in [1.165, 1.54) is 59.8 Å². The first-order valence-corrected chi connectivity index (χ1v) is 42.0. The van der Waals surface area contributed by atoms with Crippen LogP contribution in [0.2, 0.25) is 0 Å². The monoisotopic (exact) mass is 1630 g/mol. The minimum atomic E-state index is 0.694. The van der Waals surface area contributed by atoms with E-state index in [1.54, 1.807) is 0 Å². The Kier molecular flexibility index (Phi) is 19.0. The lowest BCUT2D eigenvalue weighted by atomic mass is 10.0. The summed E-state index contributed by atoms with van der Waals surface area (Å²) >= 11 is 0. The summed E-state index contributed by atoms with van der Waals surface area (Å²) in [6.45, 7) is 10.5. The molecule has 0 aliphatic rings. The highest BCUT2D eigenvalue weighted by Gasteiger charge is 2.28. The molecule has 0 atom stereocenters. The van der Waals surface area contributed by atoms with Gasteiger partial charge in [-0.15, -0.1) is 0 Å². The highest BCUT2D eigenvalue weighted by atomic mass is 16.3. The number of imidazole rings is 1. The number of aromatic nitrogens is 10. The van der Waals surface area contributed by atoms with E-state index in [2.05, 4.69) is 349 Å². The van der Waals surface area contributed by atoms with Crippen molar-refractivity contribution >= 4 is 164 Å². The van der Waals surface area contributed by atoms with Crippen molar-refractivity contribution in [2.75, 3.05) is 0 Å². The number of hydrogen-bond acceptors (Lipinski definition) is 9. The number of aryl methyl sites for hydroxylation is 11. The van der Waals surface area contributed by atoms with Gasteiger partial charge in [-0.25, -0.2) is 32.4 Å². The second-order valence-corrected chi connectivity index (χ2v) is 32.7. The minimum Gasteiger partial charge on any atom is -0.455 e. The molecule has 0 saturated heterocycles. The Morgan fingerprint density at radius 3 is 1.18 bits per heavy atom. The van der Waals surface area contributed by atoms with Crippen LogP contribution in [-0.4, -0.2) is 24.5 Å². The lowest BCUT2D eigenvalue weighted by Gasteiger charge is -2.04. The summed E-state index contributed by atoms with van der Waals surface area (Å²) in [5, 5.41) is 19.5. The molecule has 14 heterocycles. The van der Waals surface area contributed by atoms with Crippen LogP contribution in [0, 0.1) is 34.6 Å². The summed E-state index contributed by atoms with van der Waals surface area (Å²) < 4.78 is 44.4. The molecule has 11 aromatic carbocycles. The molecule has 0 saturated carbocycles. The quantitative estimate of drug-likeness (QED) is 0.154. The largest absolute Gasteiger partial charge is 0.455 e. The molecule has 0 fully saturated rings. The summed E-state index contributed by atoms with van der Waals surface area (Å²) in [7, 11) is 12.4. The molecule has 25 rings (SSSR count). The number of pyridine rings is 8. The van der Waals surface area contributed by atoms with Gasteiger partial charge in [0.25, 0.3) is 5.82 Å². The topological polar surface area (TPSA) is 142 Å². The predicted octanol–water partition coefficient (Wildman–Crippen LogP) is 24.6. The van der Waals surface area contributed by atoms with Crippen LogP contribution < -0.4 is 22.8 Å². The molecule has 0 spiro atoms. The Bertz CT molecular complexity index is 7860. The van der Waals surface area contributed by atoms with E-state index in [9.17, 15) is 0 Å². The van der Waals surface area contributed by atoms with Crippen LogP contribution in [0.5, 0.6) is 0 Å². The number of furan rings is 5. The maximum Gasteiger partial charge on any atom is 0.292 e. The zero-order valence-corrected chi connectivity index (χ0v) is 71.2. The van der Waals surface area contributed by atoms with Gasteiger partial charge < -0.3 is 22.1 Å². The molecule has 0 radical (unpaired) electrons. The van der Waals surface area contributed by atoms with Gasteiger partial charge in [0.15, 0.2) is 47.1 Å². The average molecular weight is 1630 g/mol. The number of benzene rings is 11. The van der Waals surface area contributed by atoms with Crippen molar-refractivity contribution in [2.24, 2.45) is 42.3 Å². The zero-order chi connectivity index (χ0) is 85.0. The second kappa shape index (κ2) is 31.0. The van der Waals surface area contributed by atoms with Crippen molar-refractivity contribution in [1.82, 2.24) is 24.5 Å². The third-order valence-electron chi connectivity index (χ3n) is 24.6. The lowest BCUT2D eigenvalue weighted by Crippen LogP contribution is -2.30. The van der Waals surface area contributed by atoms with Gasteiger partial charge in [0.1, 0.15) is 85.1 Å². The third kappa shape index (κ3) is 13.4. The SMILES string of the molecule is Cc1ccc2c(oc3cc4ccccc4cc32)c1-c1n(C)cc[n+]1C.Cc1ccc2c(oc3cc4ncccc4cc32)c1-c1cccc[n+]1C.Cc1ccc2c(oc3nc4ccccc4cc32)c1-c1cccc[n+]1C.Cc1cnc2c(oc3cc4ccccc4cc32)c1-c1cccc[n+]1C.Cc1ncc2c(oc3cc4ccccc4cc32)c1-c1cccc[n+]1C. The summed E-state index contributed by atoms with van der Waals surface area (Å²) in [5.74, 6) is 1.15. The number of fused-ring (bicyclic) bond motifs is 20. The number of para-hydroxylation sites is 1. The van der Waals surface area contributed by atoms with Gasteiger partial charge in [-0.3, -0.25) is 15.0 Å². The van der Waals surface area contributed by atoms with E-state index < -0.39 is 0 Å². The maximum atomic E-state index is 6.38.